The number of nitrogens with zero attached hydrogens (tertiary/aromatic N) is 2. The third-order valence-corrected chi connectivity index (χ3v) is 3.70. The predicted molar refractivity (Wildman–Crippen MR) is 82.7 cm³/mol. The van der Waals surface area contributed by atoms with Crippen LogP contribution in [0.15, 0.2) is 18.3 Å². The molecule has 116 valence electrons. The molecule has 0 bridgehead atoms. The van der Waals surface area contributed by atoms with E-state index in [1.54, 1.807) is 0 Å². The van der Waals surface area contributed by atoms with Gasteiger partial charge in [-0.3, -0.25) is 4.90 Å². The summed E-state index contributed by atoms with van der Waals surface area (Å²) in [6.45, 7) is 10.3. The molecular formula is C16H30N2O2. The first kappa shape index (κ1) is 17.2. The van der Waals surface area contributed by atoms with Crippen LogP contribution in [0.5, 0.6) is 0 Å². The van der Waals surface area contributed by atoms with Gasteiger partial charge in [-0.1, -0.05) is 6.92 Å². The van der Waals surface area contributed by atoms with Crippen LogP contribution >= 0.6 is 0 Å². The Kier molecular flexibility index (Phi) is 7.27. The summed E-state index contributed by atoms with van der Waals surface area (Å²) in [5, 5.41) is 10.1. The minimum absolute atomic E-state index is 0.162. The van der Waals surface area contributed by atoms with E-state index in [0.29, 0.717) is 19.2 Å². The highest BCUT2D eigenvalue weighted by molar-refractivity contribution is 5.06. The number of aromatic nitrogens is 1. The normalized spacial score (nSPS) is 15.0. The summed E-state index contributed by atoms with van der Waals surface area (Å²) in [5.41, 5.74) is 1.27. The Hall–Kier alpha value is -0.840. The molecule has 0 spiro atoms. The zero-order valence-electron chi connectivity index (χ0n) is 13.5. The number of aliphatic hydroxyl groups excluding tert-OH is 1. The molecule has 2 atom stereocenters. The van der Waals surface area contributed by atoms with Crippen LogP contribution in [-0.2, 0) is 18.3 Å². The lowest BCUT2D eigenvalue weighted by Gasteiger charge is -2.30. The fraction of sp³-hybridized carbons (Fsp3) is 0.750. The smallest absolute Gasteiger partial charge is 0.0900 e. The Morgan fingerprint density at radius 3 is 2.55 bits per heavy atom. The van der Waals surface area contributed by atoms with E-state index < -0.39 is 6.10 Å². The van der Waals surface area contributed by atoms with Gasteiger partial charge in [0, 0.05) is 38.1 Å². The molecule has 20 heavy (non-hydrogen) atoms. The number of hydrogen-bond acceptors (Lipinski definition) is 3. The standard InChI is InChI=1S/C16H30N2O2/c1-6-14(4)18(10-15-8-7-9-17(15)5)11-16(19)12-20-13(2)3/h7-9,13-14,16,19H,6,10-12H2,1-5H3/t14-,16+/m1/s1. The summed E-state index contributed by atoms with van der Waals surface area (Å²) in [7, 11) is 2.06. The lowest BCUT2D eigenvalue weighted by molar-refractivity contribution is -0.0152. The molecule has 1 aromatic heterocycles. The van der Waals surface area contributed by atoms with E-state index in [0.717, 1.165) is 13.0 Å². The van der Waals surface area contributed by atoms with E-state index >= 15 is 0 Å². The lowest BCUT2D eigenvalue weighted by atomic mass is 10.2. The van der Waals surface area contributed by atoms with Gasteiger partial charge < -0.3 is 14.4 Å². The lowest BCUT2D eigenvalue weighted by Crippen LogP contribution is -2.40. The average molecular weight is 282 g/mol. The van der Waals surface area contributed by atoms with Gasteiger partial charge in [0.15, 0.2) is 0 Å². The third kappa shape index (κ3) is 5.65. The molecule has 0 aliphatic heterocycles. The molecule has 0 fully saturated rings. The van der Waals surface area contributed by atoms with Crippen molar-refractivity contribution in [2.75, 3.05) is 13.2 Å². The van der Waals surface area contributed by atoms with Gasteiger partial charge in [0.25, 0.3) is 0 Å². The number of ether oxygens (including phenoxy) is 1. The van der Waals surface area contributed by atoms with E-state index in [4.69, 9.17) is 4.74 Å². The van der Waals surface area contributed by atoms with E-state index in [1.807, 2.05) is 13.8 Å². The van der Waals surface area contributed by atoms with Crippen LogP contribution < -0.4 is 0 Å². The Balaban J connectivity index is 2.58. The van der Waals surface area contributed by atoms with E-state index in [1.165, 1.54) is 5.69 Å². The second-order valence-electron chi connectivity index (χ2n) is 5.83. The Morgan fingerprint density at radius 2 is 2.05 bits per heavy atom. The van der Waals surface area contributed by atoms with Crippen molar-refractivity contribution in [3.8, 4) is 0 Å². The quantitative estimate of drug-likeness (QED) is 0.756. The molecule has 1 N–H and O–H groups in total. The highest BCUT2D eigenvalue weighted by Gasteiger charge is 2.18. The van der Waals surface area contributed by atoms with Gasteiger partial charge in [-0.05, 0) is 39.3 Å². The molecule has 0 aromatic carbocycles. The second kappa shape index (κ2) is 8.45. The fourth-order valence-corrected chi connectivity index (χ4v) is 2.15. The summed E-state index contributed by atoms with van der Waals surface area (Å²) < 4.78 is 7.63. The van der Waals surface area contributed by atoms with Crippen molar-refractivity contribution in [1.82, 2.24) is 9.47 Å². The molecule has 0 saturated heterocycles. The molecule has 4 nitrogen and oxygen atoms in total. The predicted octanol–water partition coefficient (Wildman–Crippen LogP) is 2.41. The third-order valence-electron chi connectivity index (χ3n) is 3.70. The summed E-state index contributed by atoms with van der Waals surface area (Å²) in [6, 6.07) is 4.63. The Bertz CT molecular complexity index is 376. The molecule has 0 amide bonds. The van der Waals surface area contributed by atoms with Crippen LogP contribution in [0.2, 0.25) is 0 Å². The number of hydrogen-bond donors (Lipinski definition) is 1. The first-order valence-corrected chi connectivity index (χ1v) is 7.58. The largest absolute Gasteiger partial charge is 0.389 e. The molecular weight excluding hydrogens is 252 g/mol. The van der Waals surface area contributed by atoms with E-state index in [-0.39, 0.29) is 6.10 Å². The maximum atomic E-state index is 10.1. The van der Waals surface area contributed by atoms with Crippen LogP contribution in [0.4, 0.5) is 0 Å². The first-order valence-electron chi connectivity index (χ1n) is 7.58. The minimum Gasteiger partial charge on any atom is -0.389 e. The maximum Gasteiger partial charge on any atom is 0.0900 e. The van der Waals surface area contributed by atoms with Gasteiger partial charge in [-0.15, -0.1) is 0 Å². The first-order chi connectivity index (χ1) is 9.43. The van der Waals surface area contributed by atoms with Crippen molar-refractivity contribution in [2.24, 2.45) is 7.05 Å². The highest BCUT2D eigenvalue weighted by atomic mass is 16.5. The Labute approximate surface area is 123 Å². The van der Waals surface area contributed by atoms with Crippen molar-refractivity contribution < 1.29 is 9.84 Å². The van der Waals surface area contributed by atoms with Crippen molar-refractivity contribution in [3.05, 3.63) is 24.0 Å². The van der Waals surface area contributed by atoms with Crippen LogP contribution in [-0.4, -0.2) is 46.0 Å². The van der Waals surface area contributed by atoms with Crippen LogP contribution in [0, 0.1) is 0 Å². The second-order valence-corrected chi connectivity index (χ2v) is 5.83. The van der Waals surface area contributed by atoms with Crippen molar-refractivity contribution in [1.29, 1.82) is 0 Å². The molecule has 1 heterocycles. The van der Waals surface area contributed by atoms with E-state index in [9.17, 15) is 5.11 Å². The highest BCUT2D eigenvalue weighted by Crippen LogP contribution is 2.12. The summed E-state index contributed by atoms with van der Waals surface area (Å²) in [6.07, 6.45) is 2.85. The molecule has 0 aliphatic carbocycles. The Morgan fingerprint density at radius 1 is 1.35 bits per heavy atom. The van der Waals surface area contributed by atoms with Gasteiger partial charge in [0.2, 0.25) is 0 Å². The topological polar surface area (TPSA) is 37.6 Å². The molecule has 0 aliphatic rings. The van der Waals surface area contributed by atoms with Gasteiger partial charge in [0.05, 0.1) is 18.8 Å². The molecule has 0 radical (unpaired) electrons. The van der Waals surface area contributed by atoms with E-state index in [2.05, 4.69) is 48.7 Å². The van der Waals surface area contributed by atoms with Gasteiger partial charge in [0.1, 0.15) is 0 Å². The summed E-state index contributed by atoms with van der Waals surface area (Å²) in [4.78, 5) is 2.32. The van der Waals surface area contributed by atoms with Gasteiger partial charge >= 0.3 is 0 Å². The number of rotatable bonds is 9. The van der Waals surface area contributed by atoms with Crippen LogP contribution in [0.25, 0.3) is 0 Å². The number of aryl methyl sites for hydroxylation is 1. The zero-order chi connectivity index (χ0) is 15.1. The zero-order valence-corrected chi connectivity index (χ0v) is 13.5. The monoisotopic (exact) mass is 282 g/mol. The summed E-state index contributed by atoms with van der Waals surface area (Å²) in [5.74, 6) is 0. The fourth-order valence-electron chi connectivity index (χ4n) is 2.15. The van der Waals surface area contributed by atoms with Crippen LogP contribution in [0.3, 0.4) is 0 Å². The summed E-state index contributed by atoms with van der Waals surface area (Å²) >= 11 is 0. The maximum absolute atomic E-state index is 10.1. The molecule has 1 aromatic rings. The SMILES string of the molecule is CC[C@@H](C)N(Cc1cccn1C)C[C@H](O)COC(C)C. The molecule has 4 heteroatoms. The average Bonchev–Trinajstić information content (AvgIpc) is 2.80. The van der Waals surface area contributed by atoms with Crippen molar-refractivity contribution >= 4 is 0 Å². The molecule has 0 saturated carbocycles. The number of aliphatic hydroxyl groups is 1. The van der Waals surface area contributed by atoms with Gasteiger partial charge in [-0.25, -0.2) is 0 Å². The molecule has 1 rings (SSSR count). The van der Waals surface area contributed by atoms with Crippen molar-refractivity contribution in [2.45, 2.75) is 58.9 Å². The van der Waals surface area contributed by atoms with Gasteiger partial charge in [-0.2, -0.15) is 0 Å². The van der Waals surface area contributed by atoms with Crippen LogP contribution in [0.1, 0.15) is 39.8 Å². The minimum atomic E-state index is -0.438. The van der Waals surface area contributed by atoms with Crippen molar-refractivity contribution in [3.63, 3.8) is 0 Å². The molecule has 0 unspecified atom stereocenters.